The van der Waals surface area contributed by atoms with Crippen molar-refractivity contribution in [1.29, 1.82) is 0 Å². The number of nitrogen functional groups attached to an aromatic ring is 1. The molecule has 0 radical (unpaired) electrons. The number of anilines is 1. The number of primary sulfonamides is 1. The monoisotopic (exact) mass is 286 g/mol. The van der Waals surface area contributed by atoms with Crippen molar-refractivity contribution in [2.75, 3.05) is 5.73 Å². The lowest BCUT2D eigenvalue weighted by atomic mass is 10.3. The normalized spacial score (nSPS) is 11.6. The molecule has 0 atom stereocenters. The minimum Gasteiger partial charge on any atom is -0.397 e. The van der Waals surface area contributed by atoms with E-state index >= 15 is 0 Å². The van der Waals surface area contributed by atoms with Crippen molar-refractivity contribution < 1.29 is 8.42 Å². The molecule has 1 aromatic heterocycles. The summed E-state index contributed by atoms with van der Waals surface area (Å²) in [5.74, 6) is 0. The van der Waals surface area contributed by atoms with Crippen LogP contribution in [0.2, 0.25) is 0 Å². The molecule has 2 rings (SSSR count). The molecule has 0 unspecified atom stereocenters. The zero-order valence-corrected chi connectivity index (χ0v) is 11.1. The Bertz CT molecular complexity index is 621. The van der Waals surface area contributed by atoms with Crippen molar-refractivity contribution in [2.45, 2.75) is 14.0 Å². The van der Waals surface area contributed by atoms with Crippen LogP contribution >= 0.6 is 23.1 Å². The Hall–Kier alpha value is -1.02. The van der Waals surface area contributed by atoms with Gasteiger partial charge in [0.2, 0.25) is 10.0 Å². The number of para-hydroxylation sites is 1. The molecule has 4 nitrogen and oxygen atoms in total. The summed E-state index contributed by atoms with van der Waals surface area (Å²) in [4.78, 5) is 0.665. The fourth-order valence-corrected chi connectivity index (χ4v) is 3.85. The molecule has 0 aliphatic carbocycles. The summed E-state index contributed by atoms with van der Waals surface area (Å²) < 4.78 is 23.6. The molecule has 1 heterocycles. The Morgan fingerprint density at radius 2 is 1.94 bits per heavy atom. The zero-order chi connectivity index (χ0) is 12.5. The molecule has 0 saturated carbocycles. The van der Waals surface area contributed by atoms with Gasteiger partial charge in [0, 0.05) is 4.90 Å². The minimum atomic E-state index is -3.77. The Morgan fingerprint density at radius 1 is 1.18 bits per heavy atom. The van der Waals surface area contributed by atoms with E-state index in [1.165, 1.54) is 17.8 Å². The van der Waals surface area contributed by atoms with E-state index in [9.17, 15) is 8.42 Å². The third-order valence-electron chi connectivity index (χ3n) is 2.04. The lowest BCUT2D eigenvalue weighted by molar-refractivity contribution is 0.598. The van der Waals surface area contributed by atoms with Crippen molar-refractivity contribution in [3.8, 4) is 0 Å². The number of benzene rings is 1. The van der Waals surface area contributed by atoms with Gasteiger partial charge in [-0.3, -0.25) is 0 Å². The Labute approximate surface area is 108 Å². The largest absolute Gasteiger partial charge is 0.397 e. The van der Waals surface area contributed by atoms with Crippen LogP contribution in [0.5, 0.6) is 0 Å². The molecular formula is C10H10N2O2S3. The highest BCUT2D eigenvalue weighted by Gasteiger charge is 2.15. The molecule has 90 valence electrons. The Balaban J connectivity index is 2.43. The molecule has 0 fully saturated rings. The first-order valence-corrected chi connectivity index (χ1v) is 7.85. The summed E-state index contributed by atoms with van der Waals surface area (Å²) in [5.41, 5.74) is 6.01. The average molecular weight is 286 g/mol. The summed E-state index contributed by atoms with van der Waals surface area (Å²) in [6.45, 7) is 0. The summed E-state index contributed by atoms with van der Waals surface area (Å²) in [6.07, 6.45) is 0. The van der Waals surface area contributed by atoms with Crippen molar-refractivity contribution >= 4 is 38.8 Å². The van der Waals surface area contributed by atoms with Gasteiger partial charge < -0.3 is 5.73 Å². The van der Waals surface area contributed by atoms with E-state index < -0.39 is 10.0 Å². The maximum absolute atomic E-state index is 11.3. The fourth-order valence-electron chi connectivity index (χ4n) is 1.29. The van der Waals surface area contributed by atoms with Gasteiger partial charge in [0.15, 0.2) is 0 Å². The third kappa shape index (κ3) is 2.81. The Kier molecular flexibility index (Phi) is 3.43. The van der Waals surface area contributed by atoms with Crippen LogP contribution in [0.25, 0.3) is 0 Å². The standard InChI is InChI=1S/C10H10N2O2S3/c11-10-7(16-9-5-2-6-15-9)3-1-4-8(10)17(12,13)14/h1-6H,11H2,(H2,12,13,14). The van der Waals surface area contributed by atoms with Gasteiger partial charge in [-0.15, -0.1) is 11.3 Å². The van der Waals surface area contributed by atoms with Gasteiger partial charge in [-0.1, -0.05) is 23.9 Å². The molecular weight excluding hydrogens is 276 g/mol. The molecule has 0 aliphatic rings. The van der Waals surface area contributed by atoms with Crippen LogP contribution in [0.4, 0.5) is 5.69 Å². The first-order chi connectivity index (χ1) is 7.98. The van der Waals surface area contributed by atoms with E-state index in [0.29, 0.717) is 4.90 Å². The van der Waals surface area contributed by atoms with Crippen molar-refractivity contribution in [2.24, 2.45) is 5.14 Å². The molecule has 17 heavy (non-hydrogen) atoms. The van der Waals surface area contributed by atoms with Crippen LogP contribution in [0.3, 0.4) is 0 Å². The van der Waals surface area contributed by atoms with E-state index in [2.05, 4.69) is 0 Å². The number of thiophene rings is 1. The van der Waals surface area contributed by atoms with Crippen molar-refractivity contribution in [3.05, 3.63) is 35.7 Å². The molecule has 0 spiro atoms. The topological polar surface area (TPSA) is 86.2 Å². The third-order valence-corrected chi connectivity index (χ3v) is 5.12. The lowest BCUT2D eigenvalue weighted by Crippen LogP contribution is -2.14. The number of rotatable bonds is 3. The number of hydrogen-bond acceptors (Lipinski definition) is 5. The zero-order valence-electron chi connectivity index (χ0n) is 8.66. The second kappa shape index (κ2) is 4.69. The summed E-state index contributed by atoms with van der Waals surface area (Å²) in [6, 6.07) is 8.68. The lowest BCUT2D eigenvalue weighted by Gasteiger charge is -2.07. The number of sulfonamides is 1. The van der Waals surface area contributed by atoms with Crippen LogP contribution in [0, 0.1) is 0 Å². The van der Waals surface area contributed by atoms with Crippen LogP contribution in [0.1, 0.15) is 0 Å². The van der Waals surface area contributed by atoms with Crippen LogP contribution in [-0.4, -0.2) is 8.42 Å². The molecule has 0 amide bonds. The highest BCUT2D eigenvalue weighted by Crippen LogP contribution is 2.36. The van der Waals surface area contributed by atoms with Gasteiger partial charge in [-0.2, -0.15) is 0 Å². The fraction of sp³-hybridized carbons (Fsp3) is 0. The van der Waals surface area contributed by atoms with Crippen LogP contribution < -0.4 is 10.9 Å². The van der Waals surface area contributed by atoms with E-state index in [1.807, 2.05) is 17.5 Å². The van der Waals surface area contributed by atoms with E-state index in [1.54, 1.807) is 23.5 Å². The number of nitrogens with two attached hydrogens (primary N) is 2. The Morgan fingerprint density at radius 3 is 2.53 bits per heavy atom. The molecule has 7 heteroatoms. The smallest absolute Gasteiger partial charge is 0.240 e. The SMILES string of the molecule is Nc1c(Sc2cccs2)cccc1S(N)(=O)=O. The van der Waals surface area contributed by atoms with E-state index in [-0.39, 0.29) is 10.6 Å². The van der Waals surface area contributed by atoms with E-state index in [4.69, 9.17) is 10.9 Å². The minimum absolute atomic E-state index is 0.0287. The molecule has 0 aliphatic heterocycles. The first-order valence-electron chi connectivity index (χ1n) is 4.61. The summed E-state index contributed by atoms with van der Waals surface area (Å²) in [7, 11) is -3.77. The van der Waals surface area contributed by atoms with Crippen molar-refractivity contribution in [3.63, 3.8) is 0 Å². The highest BCUT2D eigenvalue weighted by atomic mass is 32.2. The van der Waals surface area contributed by atoms with Crippen LogP contribution in [-0.2, 0) is 10.0 Å². The maximum atomic E-state index is 11.3. The van der Waals surface area contributed by atoms with Crippen LogP contribution in [0.15, 0.2) is 49.7 Å². The second-order valence-corrected chi connectivity index (χ2v) is 7.07. The van der Waals surface area contributed by atoms with E-state index in [0.717, 1.165) is 4.21 Å². The van der Waals surface area contributed by atoms with Crippen molar-refractivity contribution in [1.82, 2.24) is 0 Å². The van der Waals surface area contributed by atoms with Gasteiger partial charge in [0.25, 0.3) is 0 Å². The molecule has 1 aromatic carbocycles. The van der Waals surface area contributed by atoms with Gasteiger partial charge in [0.05, 0.1) is 9.90 Å². The van der Waals surface area contributed by atoms with Gasteiger partial charge >= 0.3 is 0 Å². The van der Waals surface area contributed by atoms with Gasteiger partial charge in [0.1, 0.15) is 4.90 Å². The molecule has 0 bridgehead atoms. The quantitative estimate of drug-likeness (QED) is 0.846. The number of hydrogen-bond donors (Lipinski definition) is 2. The van der Waals surface area contributed by atoms with Gasteiger partial charge in [-0.25, -0.2) is 13.6 Å². The van der Waals surface area contributed by atoms with Gasteiger partial charge in [-0.05, 0) is 23.6 Å². The molecule has 0 saturated heterocycles. The summed E-state index contributed by atoms with van der Waals surface area (Å²) >= 11 is 2.99. The first kappa shape index (κ1) is 12.4. The predicted octanol–water partition coefficient (Wildman–Crippen LogP) is 2.13. The molecule has 2 aromatic rings. The molecule has 4 N–H and O–H groups in total. The second-order valence-electron chi connectivity index (χ2n) is 3.25. The highest BCUT2D eigenvalue weighted by molar-refractivity contribution is 8.01. The maximum Gasteiger partial charge on any atom is 0.240 e. The predicted molar refractivity (Wildman–Crippen MR) is 70.7 cm³/mol. The summed E-state index contributed by atoms with van der Waals surface area (Å²) in [5, 5.41) is 7.03. The average Bonchev–Trinajstić information content (AvgIpc) is 2.72.